The highest BCUT2D eigenvalue weighted by molar-refractivity contribution is 5.66. The van der Waals surface area contributed by atoms with Gasteiger partial charge in [0.05, 0.1) is 26.1 Å². The largest absolute Gasteiger partial charge is 0.481 e. The molecule has 0 fully saturated rings. The summed E-state index contributed by atoms with van der Waals surface area (Å²) in [4.78, 5) is 10.6. The summed E-state index contributed by atoms with van der Waals surface area (Å²) in [7, 11) is 0. The van der Waals surface area contributed by atoms with E-state index in [1.165, 1.54) is 0 Å². The zero-order chi connectivity index (χ0) is 15.4. The van der Waals surface area contributed by atoms with E-state index < -0.39 is 5.97 Å². The second-order valence-corrected chi connectivity index (χ2v) is 5.53. The molecule has 0 bridgehead atoms. The Hall–Kier alpha value is -0.870. The number of likely N-dealkylation sites (N-methyl/N-ethyl adjacent to an activating group) is 1. The zero-order valence-corrected chi connectivity index (χ0v) is 13.3. The predicted octanol–water partition coefficient (Wildman–Crippen LogP) is 2.82. The van der Waals surface area contributed by atoms with Gasteiger partial charge in [0.25, 0.3) is 0 Å². The summed E-state index contributed by atoms with van der Waals surface area (Å²) in [6.07, 6.45) is 7.63. The molecule has 0 saturated carbocycles. The molecule has 118 valence electrons. The Morgan fingerprint density at radius 2 is 1.90 bits per heavy atom. The first-order valence-electron chi connectivity index (χ1n) is 7.85. The molecule has 0 heterocycles. The molecule has 20 heavy (non-hydrogen) atoms. The topological polar surface area (TPSA) is 57.5 Å². The number of hydrogen-bond donors (Lipinski definition) is 2. The maximum absolute atomic E-state index is 10.6. The van der Waals surface area contributed by atoms with E-state index in [0.29, 0.717) is 6.42 Å². The van der Waals surface area contributed by atoms with Crippen molar-refractivity contribution < 1.29 is 19.5 Å². The Morgan fingerprint density at radius 3 is 2.40 bits per heavy atom. The average molecular weight is 286 g/mol. The van der Waals surface area contributed by atoms with Crippen LogP contribution in [0, 0.1) is 0 Å². The van der Waals surface area contributed by atoms with Crippen LogP contribution in [0.15, 0.2) is 12.2 Å². The number of allylic oxidation sites excluding steroid dienone is 2. The molecule has 0 radical (unpaired) electrons. The van der Waals surface area contributed by atoms with Crippen LogP contribution in [0.25, 0.3) is 0 Å². The number of carboxylic acid groups (broad SMARTS) is 1. The minimum Gasteiger partial charge on any atom is -0.481 e. The molecule has 0 rings (SSSR count). The number of quaternary nitrogens is 1. The lowest BCUT2D eigenvalue weighted by Gasteiger charge is -2.38. The Balaban J connectivity index is 4.24. The van der Waals surface area contributed by atoms with Crippen molar-refractivity contribution in [1.82, 2.24) is 0 Å². The summed E-state index contributed by atoms with van der Waals surface area (Å²) >= 11 is 0. The maximum atomic E-state index is 10.6. The maximum Gasteiger partial charge on any atom is 0.303 e. The summed E-state index contributed by atoms with van der Waals surface area (Å²) in [6, 6.07) is 0. The minimum atomic E-state index is -0.734. The van der Waals surface area contributed by atoms with Crippen molar-refractivity contribution in [2.24, 2.45) is 0 Å². The number of aliphatic hydroxyl groups excluding tert-OH is 1. The Kier molecular flexibility index (Phi) is 10.4. The first-order chi connectivity index (χ1) is 9.49. The average Bonchev–Trinajstić information content (AvgIpc) is 2.42. The van der Waals surface area contributed by atoms with Crippen LogP contribution in [0.5, 0.6) is 0 Å². The Morgan fingerprint density at radius 1 is 1.25 bits per heavy atom. The highest BCUT2D eigenvalue weighted by Crippen LogP contribution is 2.14. The molecule has 0 aliphatic rings. The van der Waals surface area contributed by atoms with Crippen LogP contribution in [0.2, 0.25) is 0 Å². The lowest BCUT2D eigenvalue weighted by atomic mass is 10.1. The van der Waals surface area contributed by atoms with Crippen LogP contribution in [0.1, 0.15) is 52.9 Å². The molecule has 4 heteroatoms. The molecule has 0 aromatic carbocycles. The van der Waals surface area contributed by atoms with Gasteiger partial charge in [-0.2, -0.15) is 0 Å². The van der Waals surface area contributed by atoms with E-state index in [1.807, 2.05) is 13.0 Å². The van der Waals surface area contributed by atoms with Crippen LogP contribution in [0.3, 0.4) is 0 Å². The lowest BCUT2D eigenvalue weighted by Crippen LogP contribution is -2.52. The van der Waals surface area contributed by atoms with Crippen LogP contribution in [-0.2, 0) is 4.79 Å². The number of nitrogens with zero attached hydrogens (tertiary/aromatic N) is 1. The van der Waals surface area contributed by atoms with Gasteiger partial charge < -0.3 is 14.7 Å². The third kappa shape index (κ3) is 8.33. The zero-order valence-electron chi connectivity index (χ0n) is 13.3. The second-order valence-electron chi connectivity index (χ2n) is 5.53. The number of aliphatic hydroxyl groups is 1. The van der Waals surface area contributed by atoms with Gasteiger partial charge in [0.2, 0.25) is 0 Å². The molecule has 0 aliphatic heterocycles. The van der Waals surface area contributed by atoms with Gasteiger partial charge in [-0.25, -0.2) is 0 Å². The lowest BCUT2D eigenvalue weighted by molar-refractivity contribution is -0.927. The quantitative estimate of drug-likeness (QED) is 0.329. The van der Waals surface area contributed by atoms with Crippen molar-refractivity contribution in [2.75, 3.05) is 26.2 Å². The van der Waals surface area contributed by atoms with Gasteiger partial charge in [-0.3, -0.25) is 4.79 Å². The molecule has 2 N–H and O–H groups in total. The molecule has 0 amide bonds. The van der Waals surface area contributed by atoms with Gasteiger partial charge in [0, 0.05) is 6.42 Å². The summed E-state index contributed by atoms with van der Waals surface area (Å²) in [5.74, 6) is -0.734. The van der Waals surface area contributed by atoms with E-state index in [9.17, 15) is 9.90 Å². The summed E-state index contributed by atoms with van der Waals surface area (Å²) in [5.41, 5.74) is 0. The molecule has 0 aliphatic carbocycles. The van der Waals surface area contributed by atoms with Gasteiger partial charge >= 0.3 is 5.97 Å². The monoisotopic (exact) mass is 286 g/mol. The molecule has 0 aromatic heterocycles. The fourth-order valence-corrected chi connectivity index (χ4v) is 2.63. The minimum absolute atomic E-state index is 0.220. The molecular weight excluding hydrogens is 254 g/mol. The number of carbonyl (C=O) groups is 1. The van der Waals surface area contributed by atoms with E-state index >= 15 is 0 Å². The van der Waals surface area contributed by atoms with Crippen molar-refractivity contribution in [3.8, 4) is 0 Å². The normalized spacial score (nSPS) is 13.8. The summed E-state index contributed by atoms with van der Waals surface area (Å²) < 4.78 is 0.818. The number of rotatable bonds is 12. The van der Waals surface area contributed by atoms with Crippen molar-refractivity contribution in [2.45, 2.75) is 59.0 Å². The summed E-state index contributed by atoms with van der Waals surface area (Å²) in [5, 5.41) is 18.9. The van der Waals surface area contributed by atoms with E-state index in [0.717, 1.165) is 49.9 Å². The first kappa shape index (κ1) is 19.1. The standard InChI is InChI=1S/C16H31NO3/c1-4-7-8-9-11-15(18)14-17(5-2,6-3)13-10-12-16(19)20/h4,7,15,18H,5-6,8-14H2,1-3H3/p+1/b7-4+. The highest BCUT2D eigenvalue weighted by atomic mass is 16.4. The van der Waals surface area contributed by atoms with Gasteiger partial charge in [-0.15, -0.1) is 0 Å². The van der Waals surface area contributed by atoms with Crippen molar-refractivity contribution in [1.29, 1.82) is 0 Å². The molecule has 0 saturated heterocycles. The third-order valence-corrected chi connectivity index (χ3v) is 4.11. The Bertz CT molecular complexity index is 285. The molecule has 4 nitrogen and oxygen atoms in total. The van der Waals surface area contributed by atoms with Crippen LogP contribution in [-0.4, -0.2) is 52.9 Å². The van der Waals surface area contributed by atoms with Crippen molar-refractivity contribution >= 4 is 5.97 Å². The van der Waals surface area contributed by atoms with Gasteiger partial charge in [-0.05, 0) is 40.0 Å². The first-order valence-corrected chi connectivity index (χ1v) is 7.85. The van der Waals surface area contributed by atoms with E-state index in [2.05, 4.69) is 19.9 Å². The van der Waals surface area contributed by atoms with Crippen LogP contribution in [0.4, 0.5) is 0 Å². The van der Waals surface area contributed by atoms with Crippen molar-refractivity contribution in [3.05, 3.63) is 12.2 Å². The molecule has 0 aromatic rings. The molecular formula is C16H32NO3+. The van der Waals surface area contributed by atoms with Gasteiger partial charge in [0.15, 0.2) is 0 Å². The molecule has 1 atom stereocenters. The molecule has 0 spiro atoms. The van der Waals surface area contributed by atoms with Crippen LogP contribution >= 0.6 is 0 Å². The van der Waals surface area contributed by atoms with Crippen molar-refractivity contribution in [3.63, 3.8) is 0 Å². The van der Waals surface area contributed by atoms with E-state index in [1.54, 1.807) is 0 Å². The number of hydrogen-bond acceptors (Lipinski definition) is 2. The van der Waals surface area contributed by atoms with Gasteiger partial charge in [-0.1, -0.05) is 12.2 Å². The van der Waals surface area contributed by atoms with E-state index in [4.69, 9.17) is 5.11 Å². The Labute approximate surface area is 123 Å². The number of aliphatic carboxylic acids is 1. The fraction of sp³-hybridized carbons (Fsp3) is 0.812. The number of carboxylic acids is 1. The molecule has 1 unspecified atom stereocenters. The smallest absolute Gasteiger partial charge is 0.303 e. The number of unbranched alkanes of at least 4 members (excludes halogenated alkanes) is 1. The fourth-order valence-electron chi connectivity index (χ4n) is 2.63. The second kappa shape index (κ2) is 10.9. The SMILES string of the molecule is C/C=C/CCCC(O)C[N+](CC)(CC)CCCC(=O)O. The highest BCUT2D eigenvalue weighted by Gasteiger charge is 2.26. The van der Waals surface area contributed by atoms with Crippen LogP contribution < -0.4 is 0 Å². The van der Waals surface area contributed by atoms with Gasteiger partial charge in [0.1, 0.15) is 12.6 Å². The van der Waals surface area contributed by atoms with E-state index in [-0.39, 0.29) is 12.5 Å². The third-order valence-electron chi connectivity index (χ3n) is 4.11. The predicted molar refractivity (Wildman–Crippen MR) is 82.6 cm³/mol. The summed E-state index contributed by atoms with van der Waals surface area (Å²) in [6.45, 7) is 9.72.